The van der Waals surface area contributed by atoms with Crippen molar-refractivity contribution >= 4 is 0 Å². The standard InChI is InChI=1S/C18H19F3N2O3/c1-11-6-7-14(24-11)15-22-16(26-23-15)17(8-3-9-17)12-4-2-5-13(10-12)25-18(19,20)21/h2,4-5,10-11,14H,3,6-9H2,1H3. The molecule has 2 heterocycles. The summed E-state index contributed by atoms with van der Waals surface area (Å²) in [4.78, 5) is 4.54. The summed E-state index contributed by atoms with van der Waals surface area (Å²) in [6, 6.07) is 6.02. The molecule has 2 atom stereocenters. The summed E-state index contributed by atoms with van der Waals surface area (Å²) >= 11 is 0. The van der Waals surface area contributed by atoms with Gasteiger partial charge in [0.15, 0.2) is 0 Å². The monoisotopic (exact) mass is 368 g/mol. The fraction of sp³-hybridized carbons (Fsp3) is 0.556. The third-order valence-corrected chi connectivity index (χ3v) is 5.20. The molecule has 2 unspecified atom stereocenters. The molecule has 1 aromatic heterocycles. The van der Waals surface area contributed by atoms with Crippen LogP contribution in [-0.2, 0) is 10.2 Å². The lowest BCUT2D eigenvalue weighted by molar-refractivity contribution is -0.274. The highest BCUT2D eigenvalue weighted by Crippen LogP contribution is 2.49. The predicted octanol–water partition coefficient (Wildman–Crippen LogP) is 4.68. The lowest BCUT2D eigenvalue weighted by Crippen LogP contribution is -2.36. The number of hydrogen-bond acceptors (Lipinski definition) is 5. The number of alkyl halides is 3. The van der Waals surface area contributed by atoms with Crippen LogP contribution < -0.4 is 4.74 Å². The Morgan fingerprint density at radius 1 is 1.23 bits per heavy atom. The van der Waals surface area contributed by atoms with Crippen molar-refractivity contribution in [2.24, 2.45) is 0 Å². The second kappa shape index (κ2) is 6.26. The zero-order valence-electron chi connectivity index (χ0n) is 14.3. The van der Waals surface area contributed by atoms with E-state index in [0.29, 0.717) is 17.3 Å². The number of aromatic nitrogens is 2. The largest absolute Gasteiger partial charge is 0.573 e. The quantitative estimate of drug-likeness (QED) is 0.784. The number of rotatable bonds is 4. The molecule has 1 aromatic carbocycles. The Balaban J connectivity index is 1.62. The molecule has 2 aliphatic rings. The van der Waals surface area contributed by atoms with Crippen molar-refractivity contribution in [3.05, 3.63) is 41.5 Å². The second-order valence-electron chi connectivity index (χ2n) is 6.98. The van der Waals surface area contributed by atoms with Crippen LogP contribution in [0.2, 0.25) is 0 Å². The van der Waals surface area contributed by atoms with E-state index in [-0.39, 0.29) is 18.0 Å². The van der Waals surface area contributed by atoms with E-state index in [2.05, 4.69) is 14.9 Å². The van der Waals surface area contributed by atoms with Crippen molar-refractivity contribution in [2.45, 2.75) is 63.0 Å². The summed E-state index contributed by atoms with van der Waals surface area (Å²) in [6.45, 7) is 2.00. The van der Waals surface area contributed by atoms with Gasteiger partial charge < -0.3 is 14.0 Å². The van der Waals surface area contributed by atoms with Gasteiger partial charge in [-0.3, -0.25) is 0 Å². The van der Waals surface area contributed by atoms with E-state index < -0.39 is 11.8 Å². The van der Waals surface area contributed by atoms with Crippen LogP contribution in [0.5, 0.6) is 5.75 Å². The van der Waals surface area contributed by atoms with Crippen molar-refractivity contribution in [1.82, 2.24) is 10.1 Å². The van der Waals surface area contributed by atoms with Crippen molar-refractivity contribution in [3.8, 4) is 5.75 Å². The summed E-state index contributed by atoms with van der Waals surface area (Å²) in [7, 11) is 0. The van der Waals surface area contributed by atoms with Crippen molar-refractivity contribution in [3.63, 3.8) is 0 Å². The molecule has 1 aliphatic heterocycles. The van der Waals surface area contributed by atoms with Crippen LogP contribution in [0.4, 0.5) is 13.2 Å². The Kier molecular flexibility index (Phi) is 4.17. The minimum absolute atomic E-state index is 0.163. The van der Waals surface area contributed by atoms with Gasteiger partial charge in [0.2, 0.25) is 11.7 Å². The van der Waals surface area contributed by atoms with Crippen LogP contribution in [-0.4, -0.2) is 22.6 Å². The highest BCUT2D eigenvalue weighted by atomic mass is 19.4. The minimum atomic E-state index is -4.72. The molecular weight excluding hydrogens is 349 g/mol. The van der Waals surface area contributed by atoms with E-state index in [1.807, 2.05) is 6.92 Å². The average molecular weight is 368 g/mol. The Hall–Kier alpha value is -2.09. The van der Waals surface area contributed by atoms with Crippen molar-refractivity contribution in [1.29, 1.82) is 0 Å². The molecule has 5 nitrogen and oxygen atoms in total. The normalized spacial score (nSPS) is 25.1. The van der Waals surface area contributed by atoms with E-state index in [1.54, 1.807) is 12.1 Å². The predicted molar refractivity (Wildman–Crippen MR) is 84.6 cm³/mol. The first-order valence-electron chi connectivity index (χ1n) is 8.72. The van der Waals surface area contributed by atoms with Crippen LogP contribution in [0.25, 0.3) is 0 Å². The van der Waals surface area contributed by atoms with Gasteiger partial charge >= 0.3 is 6.36 Å². The van der Waals surface area contributed by atoms with Crippen LogP contribution in [0.15, 0.2) is 28.8 Å². The molecule has 0 bridgehead atoms. The maximum Gasteiger partial charge on any atom is 0.573 e. The summed E-state index contributed by atoms with van der Waals surface area (Å²) in [6.07, 6.45) is -0.537. The molecule has 1 saturated heterocycles. The smallest absolute Gasteiger partial charge is 0.406 e. The van der Waals surface area contributed by atoms with E-state index in [9.17, 15) is 13.2 Å². The number of ether oxygens (including phenoxy) is 2. The molecular formula is C18H19F3N2O3. The zero-order chi connectivity index (χ0) is 18.4. The third kappa shape index (κ3) is 3.18. The van der Waals surface area contributed by atoms with E-state index >= 15 is 0 Å². The van der Waals surface area contributed by atoms with Gasteiger partial charge in [0.1, 0.15) is 11.9 Å². The lowest BCUT2D eigenvalue weighted by atomic mass is 9.64. The molecule has 0 spiro atoms. The summed E-state index contributed by atoms with van der Waals surface area (Å²) < 4.78 is 52.9. The number of hydrogen-bond donors (Lipinski definition) is 0. The van der Waals surface area contributed by atoms with E-state index in [0.717, 1.165) is 32.1 Å². The Morgan fingerprint density at radius 2 is 2.04 bits per heavy atom. The van der Waals surface area contributed by atoms with Crippen LogP contribution in [0.1, 0.15) is 62.4 Å². The van der Waals surface area contributed by atoms with Gasteiger partial charge in [-0.25, -0.2) is 0 Å². The molecule has 1 aliphatic carbocycles. The summed E-state index contributed by atoms with van der Waals surface area (Å²) in [5, 5.41) is 4.07. The molecule has 8 heteroatoms. The maximum atomic E-state index is 12.5. The fourth-order valence-corrected chi connectivity index (χ4v) is 3.70. The van der Waals surface area contributed by atoms with Crippen LogP contribution in [0.3, 0.4) is 0 Å². The highest BCUT2D eigenvalue weighted by Gasteiger charge is 2.46. The van der Waals surface area contributed by atoms with Crippen molar-refractivity contribution in [2.75, 3.05) is 0 Å². The molecule has 2 aromatic rings. The first kappa shape index (κ1) is 17.3. The molecule has 4 rings (SSSR count). The van der Waals surface area contributed by atoms with Gasteiger partial charge in [0.05, 0.1) is 11.5 Å². The van der Waals surface area contributed by atoms with Crippen molar-refractivity contribution < 1.29 is 27.2 Å². The Bertz CT molecular complexity index is 786. The second-order valence-corrected chi connectivity index (χ2v) is 6.98. The lowest BCUT2D eigenvalue weighted by Gasteiger charge is -2.39. The van der Waals surface area contributed by atoms with Crippen LogP contribution >= 0.6 is 0 Å². The number of benzene rings is 1. The van der Waals surface area contributed by atoms with E-state index in [1.165, 1.54) is 12.1 Å². The highest BCUT2D eigenvalue weighted by molar-refractivity contribution is 5.39. The fourth-order valence-electron chi connectivity index (χ4n) is 3.70. The van der Waals surface area contributed by atoms with Gasteiger partial charge in [-0.15, -0.1) is 13.2 Å². The first-order chi connectivity index (χ1) is 12.4. The number of halogens is 3. The Labute approximate surface area is 148 Å². The van der Waals surface area contributed by atoms with Crippen LogP contribution in [0, 0.1) is 0 Å². The molecule has 140 valence electrons. The SMILES string of the molecule is CC1CCC(c2noc(C3(c4cccc(OC(F)(F)F)c4)CCC3)n2)O1. The molecule has 0 amide bonds. The summed E-state index contributed by atoms with van der Waals surface area (Å²) in [5.41, 5.74) is 0.141. The number of nitrogens with zero attached hydrogens (tertiary/aromatic N) is 2. The summed E-state index contributed by atoms with van der Waals surface area (Å²) in [5.74, 6) is 0.707. The maximum absolute atomic E-state index is 12.5. The molecule has 0 radical (unpaired) electrons. The first-order valence-corrected chi connectivity index (χ1v) is 8.72. The van der Waals surface area contributed by atoms with Gasteiger partial charge in [0.25, 0.3) is 0 Å². The zero-order valence-corrected chi connectivity index (χ0v) is 14.3. The van der Waals surface area contributed by atoms with Gasteiger partial charge in [-0.05, 0) is 50.3 Å². The molecule has 26 heavy (non-hydrogen) atoms. The molecule has 0 N–H and O–H groups in total. The minimum Gasteiger partial charge on any atom is -0.406 e. The van der Waals surface area contributed by atoms with Gasteiger partial charge in [-0.2, -0.15) is 4.98 Å². The average Bonchev–Trinajstić information content (AvgIpc) is 3.14. The topological polar surface area (TPSA) is 57.4 Å². The molecule has 1 saturated carbocycles. The Morgan fingerprint density at radius 3 is 2.65 bits per heavy atom. The van der Waals surface area contributed by atoms with Gasteiger partial charge in [-0.1, -0.05) is 23.7 Å². The third-order valence-electron chi connectivity index (χ3n) is 5.20. The van der Waals surface area contributed by atoms with Gasteiger partial charge in [0, 0.05) is 0 Å². The molecule has 2 fully saturated rings. The van der Waals surface area contributed by atoms with E-state index in [4.69, 9.17) is 9.26 Å².